The number of amides is 1. The maximum atomic E-state index is 11.5. The fourth-order valence-corrected chi connectivity index (χ4v) is 2.68. The number of thioether (sulfide) groups is 1. The average molecular weight is 316 g/mol. The zero-order chi connectivity index (χ0) is 15.9. The Bertz CT molecular complexity index is 694. The molecule has 0 spiro atoms. The van der Waals surface area contributed by atoms with E-state index in [1.165, 1.54) is 6.21 Å². The molecule has 0 saturated carbocycles. The summed E-state index contributed by atoms with van der Waals surface area (Å²) in [5, 5.41) is 27.2. The number of nitrogens with zero attached hydrogens (tertiary/aromatic N) is 3. The van der Waals surface area contributed by atoms with E-state index >= 15 is 0 Å². The summed E-state index contributed by atoms with van der Waals surface area (Å²) in [5.41, 5.74) is 1.66. The monoisotopic (exact) mass is 316 g/mol. The van der Waals surface area contributed by atoms with Crippen LogP contribution in [-0.4, -0.2) is 33.6 Å². The van der Waals surface area contributed by atoms with Crippen molar-refractivity contribution in [3.63, 3.8) is 0 Å². The summed E-state index contributed by atoms with van der Waals surface area (Å²) in [4.78, 5) is 22.1. The number of carbonyl (C=O) groups excluding carboxylic acids is 1. The predicted octanol–water partition coefficient (Wildman–Crippen LogP) is 1.15. The van der Waals surface area contributed by atoms with Crippen molar-refractivity contribution >= 4 is 35.0 Å². The van der Waals surface area contributed by atoms with Gasteiger partial charge in [-0.15, -0.1) is 5.10 Å². The first kappa shape index (κ1) is 15.7. The Balaban J connectivity index is 2.00. The van der Waals surface area contributed by atoms with Gasteiger partial charge in [-0.25, -0.2) is 0 Å². The maximum absolute atomic E-state index is 11.5. The molecule has 1 saturated heterocycles. The van der Waals surface area contributed by atoms with Crippen LogP contribution in [0, 0.1) is 11.3 Å². The molecule has 1 aromatic carbocycles. The molecule has 1 aliphatic heterocycles. The van der Waals surface area contributed by atoms with Gasteiger partial charge in [0.25, 0.3) is 0 Å². The van der Waals surface area contributed by atoms with Crippen molar-refractivity contribution in [1.29, 1.82) is 5.26 Å². The van der Waals surface area contributed by atoms with Gasteiger partial charge in [0.2, 0.25) is 5.91 Å². The van der Waals surface area contributed by atoms with Gasteiger partial charge in [-0.1, -0.05) is 30.0 Å². The highest BCUT2D eigenvalue weighted by Crippen LogP contribution is 2.22. The number of carboxylic acid groups (broad SMARTS) is 1. The van der Waals surface area contributed by atoms with Crippen LogP contribution in [0.5, 0.6) is 0 Å². The molecule has 0 bridgehead atoms. The van der Waals surface area contributed by atoms with Crippen LogP contribution in [-0.2, 0) is 16.0 Å². The molecule has 112 valence electrons. The van der Waals surface area contributed by atoms with Crippen molar-refractivity contribution in [3.8, 4) is 6.07 Å². The van der Waals surface area contributed by atoms with Gasteiger partial charge in [0.05, 0.1) is 25.1 Å². The van der Waals surface area contributed by atoms with Gasteiger partial charge in [-0.2, -0.15) is 10.4 Å². The Labute approximate surface area is 130 Å². The lowest BCUT2D eigenvalue weighted by Crippen LogP contribution is -2.26. The summed E-state index contributed by atoms with van der Waals surface area (Å²) >= 11 is 1.05. The molecule has 1 atom stereocenters. The third-order valence-corrected chi connectivity index (χ3v) is 3.80. The highest BCUT2D eigenvalue weighted by atomic mass is 32.2. The molecule has 2 N–H and O–H groups in total. The highest BCUT2D eigenvalue weighted by Gasteiger charge is 2.32. The molecular formula is C14H12N4O3S. The average Bonchev–Trinajstić information content (AvgIpc) is 2.79. The molecule has 1 heterocycles. The predicted molar refractivity (Wildman–Crippen MR) is 82.6 cm³/mol. The van der Waals surface area contributed by atoms with Crippen molar-refractivity contribution in [2.45, 2.75) is 18.1 Å². The van der Waals surface area contributed by atoms with E-state index in [1.807, 2.05) is 24.3 Å². The second-order valence-corrected chi connectivity index (χ2v) is 5.61. The second-order valence-electron chi connectivity index (χ2n) is 4.42. The van der Waals surface area contributed by atoms with Crippen molar-refractivity contribution < 1.29 is 14.7 Å². The molecule has 1 fully saturated rings. The highest BCUT2D eigenvalue weighted by molar-refractivity contribution is 8.15. The van der Waals surface area contributed by atoms with Crippen molar-refractivity contribution in [1.82, 2.24) is 5.32 Å². The number of amidine groups is 1. The van der Waals surface area contributed by atoms with Crippen LogP contribution in [0.4, 0.5) is 0 Å². The molecule has 0 radical (unpaired) electrons. The Morgan fingerprint density at radius 2 is 2.36 bits per heavy atom. The van der Waals surface area contributed by atoms with Gasteiger partial charge in [-0.05, 0) is 17.2 Å². The minimum absolute atomic E-state index is 0.255. The molecule has 2 rings (SSSR count). The summed E-state index contributed by atoms with van der Waals surface area (Å²) in [6.45, 7) is 0. The Hall–Kier alpha value is -2.66. The van der Waals surface area contributed by atoms with E-state index in [9.17, 15) is 9.59 Å². The summed E-state index contributed by atoms with van der Waals surface area (Å²) in [6, 6.07) is 9.36. The molecule has 1 aromatic rings. The minimum Gasteiger partial charge on any atom is -0.481 e. The Morgan fingerprint density at radius 3 is 3.09 bits per heavy atom. The lowest BCUT2D eigenvalue weighted by atomic mass is 10.1. The van der Waals surface area contributed by atoms with E-state index in [0.717, 1.165) is 22.9 Å². The fraction of sp³-hybridized carbons (Fsp3) is 0.214. The second kappa shape index (κ2) is 7.38. The van der Waals surface area contributed by atoms with Crippen LogP contribution in [0.1, 0.15) is 17.5 Å². The summed E-state index contributed by atoms with van der Waals surface area (Å²) in [5.74, 6) is -1.41. The number of nitriles is 1. The van der Waals surface area contributed by atoms with Crippen LogP contribution < -0.4 is 5.32 Å². The third-order valence-electron chi connectivity index (χ3n) is 2.73. The quantitative estimate of drug-likeness (QED) is 0.624. The molecule has 7 nitrogen and oxygen atoms in total. The number of nitrogens with one attached hydrogen (secondary N) is 1. The number of rotatable bonds is 5. The van der Waals surface area contributed by atoms with Gasteiger partial charge < -0.3 is 10.4 Å². The first-order valence-corrected chi connectivity index (χ1v) is 7.22. The van der Waals surface area contributed by atoms with Crippen LogP contribution in [0.15, 0.2) is 34.5 Å². The molecule has 1 unspecified atom stereocenters. The first-order chi connectivity index (χ1) is 10.6. The topological polar surface area (TPSA) is 115 Å². The standard InChI is InChI=1S/C14H12N4O3S/c15-5-4-9-2-1-3-10(6-9)8-16-18-14-17-13(21)11(22-14)7-12(19)20/h1-3,6,8,11H,4,7H2,(H,19,20)(H,17,18,21). The normalized spacial score (nSPS) is 19.3. The van der Waals surface area contributed by atoms with E-state index in [4.69, 9.17) is 10.4 Å². The van der Waals surface area contributed by atoms with Crippen LogP contribution >= 0.6 is 11.8 Å². The summed E-state index contributed by atoms with van der Waals surface area (Å²) in [7, 11) is 0. The molecule has 8 heteroatoms. The largest absolute Gasteiger partial charge is 0.481 e. The van der Waals surface area contributed by atoms with Gasteiger partial charge in [-0.3, -0.25) is 9.59 Å². The molecule has 1 aliphatic rings. The van der Waals surface area contributed by atoms with E-state index in [0.29, 0.717) is 6.42 Å². The fourth-order valence-electron chi connectivity index (χ4n) is 1.77. The zero-order valence-corrected chi connectivity index (χ0v) is 12.2. The summed E-state index contributed by atoms with van der Waals surface area (Å²) < 4.78 is 0. The van der Waals surface area contributed by atoms with Crippen LogP contribution in [0.25, 0.3) is 0 Å². The number of carboxylic acids is 1. The van der Waals surface area contributed by atoms with Crippen LogP contribution in [0.2, 0.25) is 0 Å². The molecule has 1 amide bonds. The van der Waals surface area contributed by atoms with Crippen molar-refractivity contribution in [3.05, 3.63) is 35.4 Å². The third kappa shape index (κ3) is 4.43. The van der Waals surface area contributed by atoms with E-state index in [1.54, 1.807) is 0 Å². The Kier molecular flexibility index (Phi) is 5.27. The molecule has 0 aliphatic carbocycles. The number of hydrogen-bond acceptors (Lipinski definition) is 6. The molecule has 0 aromatic heterocycles. The van der Waals surface area contributed by atoms with Gasteiger partial charge in [0.1, 0.15) is 5.25 Å². The van der Waals surface area contributed by atoms with Gasteiger partial charge in [0, 0.05) is 0 Å². The van der Waals surface area contributed by atoms with Crippen molar-refractivity contribution in [2.24, 2.45) is 10.2 Å². The SMILES string of the molecule is N#CCc1cccc(C=NN=C2NC(=O)C(CC(=O)O)S2)c1. The van der Waals surface area contributed by atoms with Gasteiger partial charge in [0.15, 0.2) is 5.17 Å². The Morgan fingerprint density at radius 1 is 1.55 bits per heavy atom. The lowest BCUT2D eigenvalue weighted by molar-refractivity contribution is -0.138. The number of hydrogen-bond donors (Lipinski definition) is 2. The number of aliphatic carboxylic acids is 1. The molecule has 22 heavy (non-hydrogen) atoms. The summed E-state index contributed by atoms with van der Waals surface area (Å²) in [6.07, 6.45) is 1.57. The smallest absolute Gasteiger partial charge is 0.305 e. The number of carbonyl (C=O) groups is 2. The van der Waals surface area contributed by atoms with Gasteiger partial charge >= 0.3 is 5.97 Å². The lowest BCUT2D eigenvalue weighted by Gasteiger charge is -1.98. The van der Waals surface area contributed by atoms with E-state index in [2.05, 4.69) is 21.6 Å². The maximum Gasteiger partial charge on any atom is 0.305 e. The number of benzene rings is 1. The van der Waals surface area contributed by atoms with Crippen molar-refractivity contribution in [2.75, 3.05) is 0 Å². The minimum atomic E-state index is -1.04. The van der Waals surface area contributed by atoms with E-state index < -0.39 is 11.2 Å². The molecular weight excluding hydrogens is 304 g/mol. The van der Waals surface area contributed by atoms with Crippen LogP contribution in [0.3, 0.4) is 0 Å². The first-order valence-electron chi connectivity index (χ1n) is 6.34. The van der Waals surface area contributed by atoms with E-state index in [-0.39, 0.29) is 17.5 Å². The zero-order valence-electron chi connectivity index (χ0n) is 11.4.